The molecule has 164 valence electrons. The van der Waals surface area contributed by atoms with Gasteiger partial charge in [0.2, 0.25) is 6.10 Å². The van der Waals surface area contributed by atoms with E-state index in [1.54, 1.807) is 0 Å². The molecule has 1 unspecified atom stereocenters. The molecule has 0 radical (unpaired) electrons. The normalized spacial score (nSPS) is 12.6. The molecule has 0 amide bonds. The summed E-state index contributed by atoms with van der Waals surface area (Å²) in [6.07, 6.45) is 2.24. The van der Waals surface area contributed by atoms with Crippen LogP contribution in [0, 0.1) is 0 Å². The Kier molecular flexibility index (Phi) is 17.9. The van der Waals surface area contributed by atoms with Crippen molar-refractivity contribution >= 4 is 23.9 Å². The highest BCUT2D eigenvalue weighted by molar-refractivity contribution is 5.89. The van der Waals surface area contributed by atoms with Crippen molar-refractivity contribution in [2.45, 2.75) is 31.4 Å². The number of carbonyl (C=O) groups is 4. The van der Waals surface area contributed by atoms with Gasteiger partial charge in [0, 0.05) is 12.2 Å². The van der Waals surface area contributed by atoms with E-state index in [1.165, 1.54) is 0 Å². The number of nitrogens with zero attached hydrogens (tertiary/aromatic N) is 1. The minimum atomic E-state index is -1.26. The number of likely N-dealkylation sites (N-methyl/N-ethyl adjacent to an activating group) is 1. The summed E-state index contributed by atoms with van der Waals surface area (Å²) in [5.41, 5.74) is 8.88. The quantitative estimate of drug-likeness (QED) is 0.115. The second-order valence-corrected chi connectivity index (χ2v) is 6.63. The van der Waals surface area contributed by atoms with Crippen molar-refractivity contribution in [1.82, 2.24) is 0 Å². The molecular weight excluding hydrogens is 378 g/mol. The van der Waals surface area contributed by atoms with E-state index in [1.807, 2.05) is 21.1 Å². The number of nitrogens with two attached hydrogens (primary N) is 1. The minimum Gasteiger partial charge on any atom is -0.480 e. The minimum absolute atomic E-state index is 0.231. The molecule has 0 aliphatic rings. The van der Waals surface area contributed by atoms with Gasteiger partial charge in [0.05, 0.1) is 27.7 Å². The Balaban J connectivity index is -0.000000337. The van der Waals surface area contributed by atoms with Crippen molar-refractivity contribution in [2.24, 2.45) is 5.73 Å². The second kappa shape index (κ2) is 16.6. The molecule has 0 fully saturated rings. The first-order valence-corrected chi connectivity index (χ1v) is 8.26. The van der Waals surface area contributed by atoms with E-state index in [0.29, 0.717) is 23.1 Å². The van der Waals surface area contributed by atoms with Crippen molar-refractivity contribution in [3.8, 4) is 0 Å². The Morgan fingerprint density at radius 3 is 1.57 bits per heavy atom. The zero-order chi connectivity index (χ0) is 22.9. The van der Waals surface area contributed by atoms with E-state index in [9.17, 15) is 19.2 Å². The summed E-state index contributed by atoms with van der Waals surface area (Å²) >= 11 is 0. The predicted molar refractivity (Wildman–Crippen MR) is 98.2 cm³/mol. The molecule has 0 heterocycles. The van der Waals surface area contributed by atoms with Gasteiger partial charge in [-0.05, 0) is 19.3 Å². The molecule has 0 aliphatic carbocycles. The number of hydrogen-bond acceptors (Lipinski definition) is 6. The molecule has 0 aliphatic heterocycles. The van der Waals surface area contributed by atoms with Gasteiger partial charge in [-0.2, -0.15) is 0 Å². The van der Waals surface area contributed by atoms with Crippen LogP contribution in [0.15, 0.2) is 12.2 Å². The second-order valence-electron chi connectivity index (χ2n) is 6.63. The number of aliphatic carboxylic acids is 4. The van der Waals surface area contributed by atoms with E-state index < -0.39 is 36.0 Å². The third-order valence-electron chi connectivity index (χ3n) is 2.71. The van der Waals surface area contributed by atoms with Crippen LogP contribution in [-0.2, 0) is 19.2 Å². The monoisotopic (exact) mass is 411 g/mol. The molecule has 0 saturated heterocycles. The molecule has 12 heteroatoms. The van der Waals surface area contributed by atoms with Gasteiger partial charge in [0.1, 0.15) is 12.6 Å². The zero-order valence-corrected chi connectivity index (χ0v) is 16.4. The lowest BCUT2D eigenvalue weighted by Crippen LogP contribution is -2.50. The van der Waals surface area contributed by atoms with Gasteiger partial charge in [0.25, 0.3) is 0 Å². The smallest absolute Gasteiger partial charge is 0.338 e. The van der Waals surface area contributed by atoms with Crippen LogP contribution in [0.5, 0.6) is 0 Å². The molecule has 0 saturated carbocycles. The highest BCUT2D eigenvalue weighted by Gasteiger charge is 2.21. The lowest BCUT2D eigenvalue weighted by atomic mass is 10.1. The summed E-state index contributed by atoms with van der Waals surface area (Å²) in [5, 5.41) is 41.1. The maximum atomic E-state index is 10.2. The highest BCUT2D eigenvalue weighted by atomic mass is 16.4. The predicted octanol–water partition coefficient (Wildman–Crippen LogP) is -2.34. The third-order valence-corrected chi connectivity index (χ3v) is 2.71. The molecule has 0 aromatic rings. The summed E-state index contributed by atoms with van der Waals surface area (Å²) in [6, 6.07) is -0.688. The SMILES string of the molecule is C[N+](C)(C)C[C@@H](O)C(=O)O.NC(CCCC[NH3+])C(=O)O.O=C(O)/C=C/C(=O)O. The van der Waals surface area contributed by atoms with Crippen molar-refractivity contribution in [3.05, 3.63) is 12.2 Å². The maximum absolute atomic E-state index is 10.2. The van der Waals surface area contributed by atoms with Crippen LogP contribution in [0.3, 0.4) is 0 Å². The van der Waals surface area contributed by atoms with Crippen LogP contribution >= 0.6 is 0 Å². The zero-order valence-electron chi connectivity index (χ0n) is 16.4. The molecule has 12 nitrogen and oxygen atoms in total. The van der Waals surface area contributed by atoms with Gasteiger partial charge in [0.15, 0.2) is 0 Å². The number of aliphatic hydroxyl groups is 1. The summed E-state index contributed by atoms with van der Waals surface area (Å²) in [4.78, 5) is 39.4. The standard InChI is InChI=1S/C6H14N2O2.C6H13NO3.C4H4O4/c7-4-2-1-3-5(8)6(9)10;1-7(2,3)4-5(8)6(9)10;5-3(6)1-2-4(7)8/h5H,1-4,7-8H2,(H,9,10);5,8H,4H2,1-3H3;1-2H,(H,5,6)(H,7,8)/p+2/b;;2-1+/t;5-;/m.1./s1. The van der Waals surface area contributed by atoms with Gasteiger partial charge < -0.3 is 41.5 Å². The van der Waals surface area contributed by atoms with Gasteiger partial charge >= 0.3 is 23.9 Å². The average Bonchev–Trinajstić information content (AvgIpc) is 2.52. The number of unbranched alkanes of at least 4 members (excludes halogenated alkanes) is 1. The van der Waals surface area contributed by atoms with Crippen molar-refractivity contribution < 1.29 is 54.9 Å². The largest absolute Gasteiger partial charge is 0.480 e. The van der Waals surface area contributed by atoms with Gasteiger partial charge in [-0.3, -0.25) is 4.79 Å². The van der Waals surface area contributed by atoms with Crippen molar-refractivity contribution in [3.63, 3.8) is 0 Å². The van der Waals surface area contributed by atoms with E-state index in [-0.39, 0.29) is 6.54 Å². The number of quaternary nitrogens is 2. The molecule has 0 spiro atoms. The van der Waals surface area contributed by atoms with Gasteiger partial charge in [-0.25, -0.2) is 14.4 Å². The van der Waals surface area contributed by atoms with Gasteiger partial charge in [-0.15, -0.1) is 0 Å². The van der Waals surface area contributed by atoms with Crippen LogP contribution in [0.2, 0.25) is 0 Å². The third kappa shape index (κ3) is 28.3. The molecule has 0 rings (SSSR count). The first-order chi connectivity index (χ1) is 12.6. The first-order valence-electron chi connectivity index (χ1n) is 8.26. The molecule has 10 N–H and O–H groups in total. The summed E-state index contributed by atoms with van der Waals surface area (Å²) in [6.45, 7) is 1.08. The van der Waals surface area contributed by atoms with Crippen LogP contribution in [0.4, 0.5) is 0 Å². The molecule has 0 aromatic heterocycles. The topological polar surface area (TPSA) is 223 Å². The number of hydrogen-bond donors (Lipinski definition) is 7. The maximum Gasteiger partial charge on any atom is 0.338 e. The molecule has 28 heavy (non-hydrogen) atoms. The number of carboxylic acids is 4. The Morgan fingerprint density at radius 1 is 0.929 bits per heavy atom. The lowest BCUT2D eigenvalue weighted by molar-refractivity contribution is -0.872. The van der Waals surface area contributed by atoms with Crippen molar-refractivity contribution in [2.75, 3.05) is 34.2 Å². The summed E-state index contributed by atoms with van der Waals surface area (Å²) in [5.74, 6) is -4.59. The van der Waals surface area contributed by atoms with Gasteiger partial charge in [-0.1, -0.05) is 0 Å². The number of rotatable bonds is 10. The average molecular weight is 411 g/mol. The van der Waals surface area contributed by atoms with E-state index in [2.05, 4.69) is 5.73 Å². The fourth-order valence-electron chi connectivity index (χ4n) is 1.40. The highest BCUT2D eigenvalue weighted by Crippen LogP contribution is 1.96. The van der Waals surface area contributed by atoms with Crippen LogP contribution in [0.25, 0.3) is 0 Å². The fraction of sp³-hybridized carbons (Fsp3) is 0.625. The fourth-order valence-corrected chi connectivity index (χ4v) is 1.40. The van der Waals surface area contributed by atoms with Crippen LogP contribution in [-0.4, -0.2) is 100 Å². The van der Waals surface area contributed by atoms with E-state index in [4.69, 9.17) is 31.3 Å². The number of carboxylic acid groups (broad SMARTS) is 4. The van der Waals surface area contributed by atoms with E-state index >= 15 is 0 Å². The molecule has 2 atom stereocenters. The summed E-state index contributed by atoms with van der Waals surface area (Å²) < 4.78 is 0.452. The Labute approximate surface area is 163 Å². The molecular formula is C16H33N3O9+2. The molecule has 0 bridgehead atoms. The number of aliphatic hydroxyl groups excluding tert-OH is 1. The van der Waals surface area contributed by atoms with Crippen molar-refractivity contribution in [1.29, 1.82) is 0 Å². The Bertz CT molecular complexity index is 500. The Hall–Kier alpha value is -2.54. The first kappa shape index (κ1) is 30.2. The molecule has 0 aromatic carbocycles. The summed E-state index contributed by atoms with van der Waals surface area (Å²) in [7, 11) is 5.48. The van der Waals surface area contributed by atoms with Crippen LogP contribution < -0.4 is 11.5 Å². The lowest BCUT2D eigenvalue weighted by Gasteiger charge is -2.24. The van der Waals surface area contributed by atoms with E-state index in [0.717, 1.165) is 19.4 Å². The Morgan fingerprint density at radius 2 is 1.36 bits per heavy atom. The van der Waals surface area contributed by atoms with Crippen LogP contribution in [0.1, 0.15) is 19.3 Å².